The zero-order valence-corrected chi connectivity index (χ0v) is 25.5. The number of nitrogens with zero attached hydrogens (tertiary/aromatic N) is 3. The summed E-state index contributed by atoms with van der Waals surface area (Å²) in [5.74, 6) is -2.18. The van der Waals surface area contributed by atoms with Gasteiger partial charge in [-0.2, -0.15) is 15.3 Å². The number of aromatic nitrogens is 2. The molecule has 0 bridgehead atoms. The first-order valence-electron chi connectivity index (χ1n) is 13.4. The molecule has 1 fully saturated rings. The maximum absolute atomic E-state index is 14.0. The maximum atomic E-state index is 14.0. The minimum absolute atomic E-state index is 0.121. The van der Waals surface area contributed by atoms with Gasteiger partial charge in [-0.15, -0.1) is 0 Å². The fourth-order valence-corrected chi connectivity index (χ4v) is 5.69. The van der Waals surface area contributed by atoms with E-state index in [-0.39, 0.29) is 11.6 Å². The van der Waals surface area contributed by atoms with Gasteiger partial charge in [0.2, 0.25) is 0 Å². The number of nitrogens with one attached hydrogen (secondary N) is 1. The average molecular weight is 622 g/mol. The molecule has 1 saturated heterocycles. The van der Waals surface area contributed by atoms with Crippen LogP contribution in [0.2, 0.25) is 0 Å². The molecule has 1 aromatic carbocycles. The van der Waals surface area contributed by atoms with Crippen molar-refractivity contribution in [2.45, 2.75) is 77.2 Å². The van der Waals surface area contributed by atoms with Gasteiger partial charge in [-0.25, -0.2) is 9.36 Å². The van der Waals surface area contributed by atoms with Gasteiger partial charge >= 0.3 is 25.4 Å². The average Bonchev–Trinajstić information content (AvgIpc) is 3.13. The molecule has 6 unspecified atom stereocenters. The van der Waals surface area contributed by atoms with Crippen LogP contribution in [-0.2, 0) is 38.6 Å². The topological polar surface area (TPSA) is 214 Å². The van der Waals surface area contributed by atoms with Crippen LogP contribution in [0.3, 0.4) is 0 Å². The molecular weight excluding hydrogens is 585 g/mol. The Morgan fingerprint density at radius 1 is 1.21 bits per heavy atom. The van der Waals surface area contributed by atoms with Crippen LogP contribution in [0.1, 0.15) is 41.5 Å². The zero-order chi connectivity index (χ0) is 32.2. The summed E-state index contributed by atoms with van der Waals surface area (Å²) in [6.07, 6.45) is -2.47. The summed E-state index contributed by atoms with van der Waals surface area (Å²) in [6.45, 7) is 8.20. The van der Waals surface area contributed by atoms with Crippen LogP contribution >= 0.6 is 7.75 Å². The number of carbonyl (C=O) groups is 2. The van der Waals surface area contributed by atoms with E-state index in [0.717, 1.165) is 13.1 Å². The SMILES string of the molecule is CC(C)OC(=O)C(C)NP(=O)(OCC1OC(C#N)(n2ccc(N)nc2=O)C(C)(O)C1OC(=O)C(C)C)Oc1ccccc1. The van der Waals surface area contributed by atoms with Crippen molar-refractivity contribution < 1.29 is 42.5 Å². The second-order valence-electron chi connectivity index (χ2n) is 10.6. The molecule has 234 valence electrons. The smallest absolute Gasteiger partial charge is 0.459 e. The van der Waals surface area contributed by atoms with Crippen LogP contribution in [0, 0.1) is 17.2 Å². The second-order valence-corrected chi connectivity index (χ2v) is 12.3. The number of carbonyl (C=O) groups excluding carboxylic acids is 2. The number of hydrogen-bond acceptors (Lipinski definition) is 13. The number of benzene rings is 1. The number of hydrogen-bond donors (Lipinski definition) is 3. The molecule has 0 spiro atoms. The van der Waals surface area contributed by atoms with E-state index < -0.39 is 73.6 Å². The van der Waals surface area contributed by atoms with Crippen molar-refractivity contribution in [2.24, 2.45) is 5.92 Å². The predicted octanol–water partition coefficient (Wildman–Crippen LogP) is 1.85. The Balaban J connectivity index is 2.01. The molecule has 2 heterocycles. The van der Waals surface area contributed by atoms with E-state index in [1.165, 1.54) is 25.1 Å². The fraction of sp³-hybridized carbons (Fsp3) is 0.519. The van der Waals surface area contributed by atoms with Crippen molar-refractivity contribution >= 4 is 25.5 Å². The molecule has 1 aliphatic heterocycles. The highest BCUT2D eigenvalue weighted by molar-refractivity contribution is 7.52. The lowest BCUT2D eigenvalue weighted by atomic mass is 9.88. The Hall–Kier alpha value is -3.80. The maximum Gasteiger partial charge on any atom is 0.459 e. The van der Waals surface area contributed by atoms with E-state index in [2.05, 4.69) is 10.1 Å². The Morgan fingerprint density at radius 3 is 2.42 bits per heavy atom. The number of anilines is 1. The monoisotopic (exact) mass is 621 g/mol. The van der Waals surface area contributed by atoms with Gasteiger partial charge in [-0.05, 0) is 45.9 Å². The van der Waals surface area contributed by atoms with Gasteiger partial charge in [0.15, 0.2) is 11.7 Å². The van der Waals surface area contributed by atoms with Crippen molar-refractivity contribution in [2.75, 3.05) is 12.3 Å². The third-order valence-electron chi connectivity index (χ3n) is 6.36. The molecule has 6 atom stereocenters. The van der Waals surface area contributed by atoms with Crippen LogP contribution < -0.4 is 21.0 Å². The standard InChI is InChI=1S/C27H36N5O10P/c1-16(2)23(33)40-22-20(41-27(15-28,26(22,6)36)32-13-12-21(29)30-25(32)35)14-38-43(37,42-19-10-8-7-9-11-19)31-18(5)24(34)39-17(3)4/h7-13,16-18,20,22,36H,14H2,1-6H3,(H,31,37)(H2,29,30,35). The molecule has 1 aromatic heterocycles. The van der Waals surface area contributed by atoms with Gasteiger partial charge in [0.05, 0.1) is 18.6 Å². The molecule has 0 radical (unpaired) electrons. The third-order valence-corrected chi connectivity index (χ3v) is 8.01. The zero-order valence-electron chi connectivity index (χ0n) is 24.6. The van der Waals surface area contributed by atoms with E-state index in [4.69, 9.17) is 29.0 Å². The highest BCUT2D eigenvalue weighted by Crippen LogP contribution is 2.49. The van der Waals surface area contributed by atoms with Crippen LogP contribution in [0.15, 0.2) is 47.4 Å². The second kappa shape index (κ2) is 13.2. The summed E-state index contributed by atoms with van der Waals surface area (Å²) in [5.41, 5.74) is -0.313. The number of ether oxygens (including phenoxy) is 3. The highest BCUT2D eigenvalue weighted by atomic mass is 31.2. The quantitative estimate of drug-likeness (QED) is 0.228. The Morgan fingerprint density at radius 2 is 1.86 bits per heavy atom. The number of nitriles is 1. The predicted molar refractivity (Wildman–Crippen MR) is 151 cm³/mol. The van der Waals surface area contributed by atoms with Crippen molar-refractivity contribution in [3.63, 3.8) is 0 Å². The van der Waals surface area contributed by atoms with Crippen LogP contribution in [0.25, 0.3) is 0 Å². The van der Waals surface area contributed by atoms with Gasteiger partial charge < -0.3 is 29.6 Å². The van der Waals surface area contributed by atoms with E-state index in [1.54, 1.807) is 52.0 Å². The van der Waals surface area contributed by atoms with Crippen LogP contribution in [0.4, 0.5) is 5.82 Å². The molecular formula is C27H36N5O10P. The molecule has 0 saturated carbocycles. The minimum Gasteiger partial charge on any atom is -0.462 e. The summed E-state index contributed by atoms with van der Waals surface area (Å²) < 4.78 is 42.7. The van der Waals surface area contributed by atoms with E-state index >= 15 is 0 Å². The number of rotatable bonds is 12. The number of para-hydroxylation sites is 1. The largest absolute Gasteiger partial charge is 0.462 e. The summed E-state index contributed by atoms with van der Waals surface area (Å²) in [5, 5.41) is 24.5. The Bertz CT molecular complexity index is 1460. The van der Waals surface area contributed by atoms with E-state index in [9.17, 15) is 29.3 Å². The van der Waals surface area contributed by atoms with Crippen molar-refractivity contribution in [3.8, 4) is 11.8 Å². The van der Waals surface area contributed by atoms with Crippen LogP contribution in [0.5, 0.6) is 5.75 Å². The van der Waals surface area contributed by atoms with E-state index in [0.29, 0.717) is 4.57 Å². The van der Waals surface area contributed by atoms with Gasteiger partial charge in [-0.1, -0.05) is 32.0 Å². The molecule has 3 rings (SSSR count). The minimum atomic E-state index is -4.44. The molecule has 0 amide bonds. The molecule has 2 aromatic rings. The summed E-state index contributed by atoms with van der Waals surface area (Å²) in [4.78, 5) is 41.5. The van der Waals surface area contributed by atoms with Crippen molar-refractivity contribution in [1.82, 2.24) is 14.6 Å². The molecule has 43 heavy (non-hydrogen) atoms. The molecule has 0 aliphatic carbocycles. The summed E-state index contributed by atoms with van der Waals surface area (Å²) in [7, 11) is -4.44. The van der Waals surface area contributed by atoms with Crippen molar-refractivity contribution in [1.29, 1.82) is 5.26 Å². The molecule has 1 aliphatic rings. The Kier molecular flexibility index (Phi) is 10.4. The van der Waals surface area contributed by atoms with Crippen LogP contribution in [-0.4, -0.2) is 63.2 Å². The normalized spacial score (nSPS) is 25.5. The lowest BCUT2D eigenvalue weighted by molar-refractivity contribution is -0.173. The first kappa shape index (κ1) is 33.7. The van der Waals surface area contributed by atoms with Gasteiger partial charge in [-0.3, -0.25) is 18.7 Å². The van der Waals surface area contributed by atoms with Gasteiger partial charge in [0, 0.05) is 6.20 Å². The van der Waals surface area contributed by atoms with Gasteiger partial charge in [0.1, 0.15) is 29.8 Å². The lowest BCUT2D eigenvalue weighted by Gasteiger charge is -2.35. The first-order chi connectivity index (χ1) is 20.0. The number of esters is 2. The Labute approximate surface area is 248 Å². The lowest BCUT2D eigenvalue weighted by Crippen LogP contribution is -2.58. The van der Waals surface area contributed by atoms with Gasteiger partial charge in [0.25, 0.3) is 5.72 Å². The van der Waals surface area contributed by atoms with E-state index in [1.807, 2.05) is 0 Å². The first-order valence-corrected chi connectivity index (χ1v) is 14.9. The fourth-order valence-electron chi connectivity index (χ4n) is 4.18. The third kappa shape index (κ3) is 7.41. The molecule has 4 N–H and O–H groups in total. The number of nitrogen functional groups attached to an aromatic ring is 1. The summed E-state index contributed by atoms with van der Waals surface area (Å²) in [6, 6.07) is 9.78. The number of aliphatic hydroxyl groups is 1. The van der Waals surface area contributed by atoms with Crippen molar-refractivity contribution in [3.05, 3.63) is 53.1 Å². The summed E-state index contributed by atoms with van der Waals surface area (Å²) >= 11 is 0. The highest BCUT2D eigenvalue weighted by Gasteiger charge is 2.67. The molecule has 15 nitrogen and oxygen atoms in total. The number of nitrogens with two attached hydrogens (primary N) is 1. The molecule has 16 heteroatoms.